The maximum atomic E-state index is 12.7. The molecule has 2 aromatic carbocycles. The molecule has 1 amide bonds. The molecule has 1 unspecified atom stereocenters. The Hall–Kier alpha value is -2.38. The molecule has 1 aliphatic rings. The Morgan fingerprint density at radius 3 is 2.38 bits per heavy atom. The van der Waals surface area contributed by atoms with Crippen LogP contribution >= 0.6 is 0 Å². The van der Waals surface area contributed by atoms with E-state index in [2.05, 4.69) is 5.32 Å². The molecule has 7 heteroatoms. The van der Waals surface area contributed by atoms with Crippen molar-refractivity contribution in [2.45, 2.75) is 50.5 Å². The molecule has 1 N–H and O–H groups in total. The van der Waals surface area contributed by atoms with Gasteiger partial charge in [-0.05, 0) is 62.1 Å². The fourth-order valence-electron chi connectivity index (χ4n) is 3.36. The quantitative estimate of drug-likeness (QED) is 0.744. The van der Waals surface area contributed by atoms with Crippen molar-refractivity contribution in [1.82, 2.24) is 4.31 Å². The number of benzene rings is 2. The zero-order valence-corrected chi connectivity index (χ0v) is 17.7. The van der Waals surface area contributed by atoms with E-state index in [1.165, 1.54) is 16.4 Å². The van der Waals surface area contributed by atoms with Gasteiger partial charge in [0.2, 0.25) is 10.0 Å². The summed E-state index contributed by atoms with van der Waals surface area (Å²) in [7, 11) is -3.48. The van der Waals surface area contributed by atoms with Gasteiger partial charge >= 0.3 is 0 Å². The minimum absolute atomic E-state index is 0.249. The number of amides is 1. The van der Waals surface area contributed by atoms with E-state index in [4.69, 9.17) is 4.74 Å². The van der Waals surface area contributed by atoms with Crippen molar-refractivity contribution >= 4 is 21.6 Å². The lowest BCUT2D eigenvalue weighted by molar-refractivity contribution is -0.122. The van der Waals surface area contributed by atoms with E-state index < -0.39 is 16.1 Å². The molecule has 3 rings (SSSR count). The highest BCUT2D eigenvalue weighted by molar-refractivity contribution is 7.89. The average molecular weight is 417 g/mol. The molecule has 0 saturated carbocycles. The van der Waals surface area contributed by atoms with Crippen molar-refractivity contribution in [3.05, 3.63) is 54.1 Å². The van der Waals surface area contributed by atoms with E-state index in [0.29, 0.717) is 24.5 Å². The lowest BCUT2D eigenvalue weighted by atomic mass is 10.1. The zero-order chi connectivity index (χ0) is 20.9. The number of anilines is 1. The third-order valence-corrected chi connectivity index (χ3v) is 7.01. The summed E-state index contributed by atoms with van der Waals surface area (Å²) in [5.74, 6) is 0.406. The summed E-state index contributed by atoms with van der Waals surface area (Å²) < 4.78 is 32.8. The molecule has 156 valence electrons. The maximum absolute atomic E-state index is 12.7. The highest BCUT2D eigenvalue weighted by Gasteiger charge is 2.26. The number of rotatable bonds is 7. The molecule has 1 saturated heterocycles. The van der Waals surface area contributed by atoms with Gasteiger partial charge in [-0.25, -0.2) is 8.42 Å². The minimum atomic E-state index is -3.48. The smallest absolute Gasteiger partial charge is 0.265 e. The summed E-state index contributed by atoms with van der Waals surface area (Å²) in [5.41, 5.74) is 1.58. The normalized spacial score (nSPS) is 16.2. The lowest BCUT2D eigenvalue weighted by Crippen LogP contribution is -2.35. The van der Waals surface area contributed by atoms with Crippen LogP contribution < -0.4 is 10.1 Å². The number of sulfonamides is 1. The number of para-hydroxylation sites is 1. The van der Waals surface area contributed by atoms with E-state index in [-0.39, 0.29) is 10.8 Å². The summed E-state index contributed by atoms with van der Waals surface area (Å²) in [6.07, 6.45) is 3.00. The second kappa shape index (κ2) is 9.41. The number of carbonyl (C=O) groups excluding carboxylic acids is 1. The van der Waals surface area contributed by atoms with Gasteiger partial charge in [0.1, 0.15) is 5.75 Å². The van der Waals surface area contributed by atoms with E-state index in [1.54, 1.807) is 19.1 Å². The number of nitrogens with zero attached hydrogens (tertiary/aromatic N) is 1. The van der Waals surface area contributed by atoms with Gasteiger partial charge in [0, 0.05) is 18.8 Å². The predicted octanol–water partition coefficient (Wildman–Crippen LogP) is 3.83. The topological polar surface area (TPSA) is 75.7 Å². The molecule has 6 nitrogen and oxygen atoms in total. The number of carbonyl (C=O) groups is 1. The standard InChI is InChI=1S/C22H28N2O4S/c1-3-18-9-5-6-10-21(18)28-17(2)22(25)23-19-11-13-20(14-12-19)29(26,27)24-15-7-4-8-16-24/h5-6,9-14,17H,3-4,7-8,15-16H2,1-2H3,(H,23,25). The molecule has 0 aliphatic carbocycles. The zero-order valence-electron chi connectivity index (χ0n) is 16.9. The van der Waals surface area contributed by atoms with Gasteiger partial charge in [-0.1, -0.05) is 31.5 Å². The molecule has 0 bridgehead atoms. The SMILES string of the molecule is CCc1ccccc1OC(C)C(=O)Nc1ccc(S(=O)(=O)N2CCCCC2)cc1. The molecule has 1 atom stereocenters. The Morgan fingerprint density at radius 1 is 1.07 bits per heavy atom. The van der Waals surface area contributed by atoms with Crippen LogP contribution in [-0.4, -0.2) is 37.8 Å². The molecule has 1 heterocycles. The van der Waals surface area contributed by atoms with Crippen molar-refractivity contribution in [1.29, 1.82) is 0 Å². The van der Waals surface area contributed by atoms with Crippen molar-refractivity contribution in [2.75, 3.05) is 18.4 Å². The first kappa shape index (κ1) is 21.3. The first-order chi connectivity index (χ1) is 13.9. The fraction of sp³-hybridized carbons (Fsp3) is 0.409. The molecule has 1 aliphatic heterocycles. The van der Waals surface area contributed by atoms with Crippen LogP contribution in [0, 0.1) is 0 Å². The van der Waals surface area contributed by atoms with Crippen LogP contribution in [-0.2, 0) is 21.2 Å². The van der Waals surface area contributed by atoms with Crippen LogP contribution in [0.1, 0.15) is 38.7 Å². The highest BCUT2D eigenvalue weighted by Crippen LogP contribution is 2.23. The van der Waals surface area contributed by atoms with Crippen LogP contribution in [0.15, 0.2) is 53.4 Å². The number of hydrogen-bond acceptors (Lipinski definition) is 4. The monoisotopic (exact) mass is 416 g/mol. The Balaban J connectivity index is 1.63. The molecule has 2 aromatic rings. The van der Waals surface area contributed by atoms with E-state index in [1.807, 2.05) is 31.2 Å². The van der Waals surface area contributed by atoms with Crippen molar-refractivity contribution in [2.24, 2.45) is 0 Å². The van der Waals surface area contributed by atoms with Gasteiger partial charge in [0.15, 0.2) is 6.10 Å². The number of hydrogen-bond donors (Lipinski definition) is 1. The summed E-state index contributed by atoms with van der Waals surface area (Å²) in [4.78, 5) is 12.7. The molecule has 0 aromatic heterocycles. The fourth-order valence-corrected chi connectivity index (χ4v) is 4.88. The summed E-state index contributed by atoms with van der Waals surface area (Å²) in [6.45, 7) is 4.85. The number of aryl methyl sites for hydroxylation is 1. The molecular weight excluding hydrogens is 388 g/mol. The van der Waals surface area contributed by atoms with E-state index in [9.17, 15) is 13.2 Å². The second-order valence-electron chi connectivity index (χ2n) is 7.20. The van der Waals surface area contributed by atoms with Gasteiger partial charge in [-0.15, -0.1) is 0 Å². The summed E-state index contributed by atoms with van der Waals surface area (Å²) in [5, 5.41) is 2.79. The maximum Gasteiger partial charge on any atom is 0.265 e. The van der Waals surface area contributed by atoms with Gasteiger partial charge in [-0.3, -0.25) is 4.79 Å². The van der Waals surface area contributed by atoms with Crippen LogP contribution in [0.25, 0.3) is 0 Å². The predicted molar refractivity (Wildman–Crippen MR) is 114 cm³/mol. The highest BCUT2D eigenvalue weighted by atomic mass is 32.2. The Kier molecular flexibility index (Phi) is 6.92. The number of ether oxygens (including phenoxy) is 1. The van der Waals surface area contributed by atoms with Crippen molar-refractivity contribution in [3.63, 3.8) is 0 Å². The van der Waals surface area contributed by atoms with Gasteiger partial charge in [0.25, 0.3) is 5.91 Å². The largest absolute Gasteiger partial charge is 0.481 e. The van der Waals surface area contributed by atoms with E-state index >= 15 is 0 Å². The van der Waals surface area contributed by atoms with Gasteiger partial charge in [0.05, 0.1) is 4.90 Å². The minimum Gasteiger partial charge on any atom is -0.481 e. The van der Waals surface area contributed by atoms with Gasteiger partial charge < -0.3 is 10.1 Å². The Labute approximate surface area is 172 Å². The molecule has 0 radical (unpaired) electrons. The van der Waals surface area contributed by atoms with Crippen molar-refractivity contribution in [3.8, 4) is 5.75 Å². The molecule has 0 spiro atoms. The number of nitrogens with one attached hydrogen (secondary N) is 1. The first-order valence-electron chi connectivity index (χ1n) is 10.1. The number of piperidine rings is 1. The van der Waals surface area contributed by atoms with Gasteiger partial charge in [-0.2, -0.15) is 4.31 Å². The molecular formula is C22H28N2O4S. The van der Waals surface area contributed by atoms with E-state index in [0.717, 1.165) is 31.2 Å². The Bertz CT molecular complexity index is 936. The average Bonchev–Trinajstić information content (AvgIpc) is 2.75. The summed E-state index contributed by atoms with van der Waals surface area (Å²) >= 11 is 0. The lowest BCUT2D eigenvalue weighted by Gasteiger charge is -2.25. The second-order valence-corrected chi connectivity index (χ2v) is 9.14. The molecule has 1 fully saturated rings. The van der Waals surface area contributed by atoms with Crippen molar-refractivity contribution < 1.29 is 17.9 Å². The first-order valence-corrected chi connectivity index (χ1v) is 11.5. The summed E-state index contributed by atoms with van der Waals surface area (Å²) in [6, 6.07) is 13.9. The Morgan fingerprint density at radius 2 is 1.72 bits per heavy atom. The van der Waals surface area contributed by atoms with Crippen LogP contribution in [0.4, 0.5) is 5.69 Å². The van der Waals surface area contributed by atoms with Crippen LogP contribution in [0.5, 0.6) is 5.75 Å². The third kappa shape index (κ3) is 5.16. The van der Waals surface area contributed by atoms with Crippen LogP contribution in [0.2, 0.25) is 0 Å². The third-order valence-electron chi connectivity index (χ3n) is 5.10. The van der Waals surface area contributed by atoms with Crippen LogP contribution in [0.3, 0.4) is 0 Å². The molecule has 29 heavy (non-hydrogen) atoms.